The van der Waals surface area contributed by atoms with Crippen molar-refractivity contribution >= 4 is 0 Å². The van der Waals surface area contributed by atoms with Crippen LogP contribution in [0.2, 0.25) is 0 Å². The van der Waals surface area contributed by atoms with Crippen molar-refractivity contribution in [1.82, 2.24) is 0 Å². The molecule has 0 spiro atoms. The molecule has 0 aromatic rings. The van der Waals surface area contributed by atoms with Gasteiger partial charge in [-0.1, -0.05) is 30.9 Å². The van der Waals surface area contributed by atoms with Gasteiger partial charge < -0.3 is 5.11 Å². The number of allylic oxidation sites excluding steroid dienone is 2. The molecule has 1 aliphatic rings. The van der Waals surface area contributed by atoms with Crippen molar-refractivity contribution in [2.45, 2.75) is 65.4 Å². The molecule has 1 heteroatoms. The molecule has 0 aromatic heterocycles. The number of hydrogen-bond acceptors (Lipinski definition) is 1. The highest BCUT2D eigenvalue weighted by atomic mass is 16.3. The summed E-state index contributed by atoms with van der Waals surface area (Å²) in [6, 6.07) is 0. The van der Waals surface area contributed by atoms with E-state index in [4.69, 9.17) is 6.42 Å². The van der Waals surface area contributed by atoms with Crippen LogP contribution in [0.1, 0.15) is 59.8 Å². The maximum absolute atomic E-state index is 9.81. The molecule has 0 bridgehead atoms. The summed E-state index contributed by atoms with van der Waals surface area (Å²) in [7, 11) is 0. The fourth-order valence-corrected chi connectivity index (χ4v) is 2.38. The Morgan fingerprint density at radius 1 is 1.50 bits per heavy atom. The van der Waals surface area contributed by atoms with E-state index in [2.05, 4.69) is 26.7 Å². The predicted octanol–water partition coefficient (Wildman–Crippen LogP) is 3.68. The number of aliphatic hydroxyl groups is 1. The van der Waals surface area contributed by atoms with Crippen LogP contribution in [0.5, 0.6) is 0 Å². The quantitative estimate of drug-likeness (QED) is 0.568. The minimum absolute atomic E-state index is 0.329. The third-order valence-electron chi connectivity index (χ3n) is 4.05. The molecule has 1 nitrogen and oxygen atoms in total. The van der Waals surface area contributed by atoms with Gasteiger partial charge in [-0.2, -0.15) is 0 Å². The molecule has 16 heavy (non-hydrogen) atoms. The highest BCUT2D eigenvalue weighted by Crippen LogP contribution is 2.41. The monoisotopic (exact) mass is 220 g/mol. The molecule has 0 aromatic carbocycles. The van der Waals surface area contributed by atoms with Gasteiger partial charge in [-0.15, -0.1) is 6.42 Å². The lowest BCUT2D eigenvalue weighted by Crippen LogP contribution is -2.23. The van der Waals surface area contributed by atoms with Gasteiger partial charge in [-0.3, -0.25) is 0 Å². The van der Waals surface area contributed by atoms with Crippen LogP contribution >= 0.6 is 0 Å². The summed E-state index contributed by atoms with van der Waals surface area (Å²) in [5.41, 5.74) is 2.39. The summed E-state index contributed by atoms with van der Waals surface area (Å²) >= 11 is 0. The van der Waals surface area contributed by atoms with Gasteiger partial charge in [0.2, 0.25) is 0 Å². The van der Waals surface area contributed by atoms with Crippen LogP contribution in [0.15, 0.2) is 11.1 Å². The van der Waals surface area contributed by atoms with Crippen molar-refractivity contribution in [1.29, 1.82) is 0 Å². The molecule has 90 valence electrons. The molecular formula is C15H24O. The SMILES string of the molecule is C#CC(C)(O)CCC1=C(C)C(C)(C)CCC1. The minimum atomic E-state index is -0.950. The molecule has 0 heterocycles. The second kappa shape index (κ2) is 4.63. The molecule has 0 aliphatic heterocycles. The van der Waals surface area contributed by atoms with Crippen LogP contribution in [0, 0.1) is 17.8 Å². The van der Waals surface area contributed by atoms with Crippen molar-refractivity contribution < 1.29 is 5.11 Å². The first-order valence-electron chi connectivity index (χ1n) is 6.18. The van der Waals surface area contributed by atoms with E-state index in [-0.39, 0.29) is 0 Å². The molecule has 1 aliphatic carbocycles. The molecule has 0 radical (unpaired) electrons. The van der Waals surface area contributed by atoms with Gasteiger partial charge in [0, 0.05) is 0 Å². The first-order chi connectivity index (χ1) is 7.28. The Morgan fingerprint density at radius 2 is 2.12 bits per heavy atom. The van der Waals surface area contributed by atoms with Crippen LogP contribution in [-0.2, 0) is 0 Å². The molecule has 1 atom stereocenters. The molecule has 1 N–H and O–H groups in total. The third kappa shape index (κ3) is 3.12. The maximum Gasteiger partial charge on any atom is 0.122 e. The van der Waals surface area contributed by atoms with Crippen molar-refractivity contribution in [2.24, 2.45) is 5.41 Å². The Bertz CT molecular complexity index is 326. The summed E-state index contributed by atoms with van der Waals surface area (Å²) in [5, 5.41) is 9.81. The normalized spacial score (nSPS) is 23.8. The van der Waals surface area contributed by atoms with Gasteiger partial charge in [0.1, 0.15) is 5.60 Å². The van der Waals surface area contributed by atoms with Crippen molar-refractivity contribution in [3.05, 3.63) is 11.1 Å². The van der Waals surface area contributed by atoms with Crippen molar-refractivity contribution in [3.8, 4) is 12.3 Å². The van der Waals surface area contributed by atoms with Crippen LogP contribution < -0.4 is 0 Å². The first kappa shape index (κ1) is 13.3. The van der Waals surface area contributed by atoms with E-state index in [0.29, 0.717) is 11.8 Å². The fraction of sp³-hybridized carbons (Fsp3) is 0.733. The van der Waals surface area contributed by atoms with Crippen LogP contribution in [-0.4, -0.2) is 10.7 Å². The Morgan fingerprint density at radius 3 is 2.69 bits per heavy atom. The molecular weight excluding hydrogens is 196 g/mol. The van der Waals surface area contributed by atoms with Crippen molar-refractivity contribution in [3.63, 3.8) is 0 Å². The van der Waals surface area contributed by atoms with Crippen LogP contribution in [0.3, 0.4) is 0 Å². The zero-order valence-electron chi connectivity index (χ0n) is 11.1. The summed E-state index contributed by atoms with van der Waals surface area (Å²) in [6.07, 6.45) is 10.6. The van der Waals surface area contributed by atoms with E-state index in [1.165, 1.54) is 30.4 Å². The lowest BCUT2D eigenvalue weighted by Gasteiger charge is -2.34. The summed E-state index contributed by atoms with van der Waals surface area (Å²) in [5.74, 6) is 2.45. The zero-order chi connectivity index (χ0) is 12.4. The summed E-state index contributed by atoms with van der Waals surface area (Å²) in [4.78, 5) is 0. The smallest absolute Gasteiger partial charge is 0.122 e. The highest BCUT2D eigenvalue weighted by molar-refractivity contribution is 5.22. The zero-order valence-corrected chi connectivity index (χ0v) is 11.1. The molecule has 0 saturated heterocycles. The van der Waals surface area contributed by atoms with Crippen LogP contribution in [0.25, 0.3) is 0 Å². The van der Waals surface area contributed by atoms with Gasteiger partial charge in [-0.05, 0) is 51.4 Å². The van der Waals surface area contributed by atoms with E-state index < -0.39 is 5.60 Å². The lowest BCUT2D eigenvalue weighted by molar-refractivity contribution is 0.112. The molecule has 1 unspecified atom stereocenters. The average molecular weight is 220 g/mol. The third-order valence-corrected chi connectivity index (χ3v) is 4.05. The van der Waals surface area contributed by atoms with Crippen LogP contribution in [0.4, 0.5) is 0 Å². The van der Waals surface area contributed by atoms with Gasteiger partial charge in [-0.25, -0.2) is 0 Å². The Kier molecular flexibility index (Phi) is 3.86. The topological polar surface area (TPSA) is 20.2 Å². The second-order valence-corrected chi connectivity index (χ2v) is 5.88. The van der Waals surface area contributed by atoms with Gasteiger partial charge in [0.25, 0.3) is 0 Å². The molecule has 1 rings (SSSR count). The largest absolute Gasteiger partial charge is 0.378 e. The van der Waals surface area contributed by atoms with Crippen molar-refractivity contribution in [2.75, 3.05) is 0 Å². The van der Waals surface area contributed by atoms with E-state index >= 15 is 0 Å². The number of hydrogen-bond donors (Lipinski definition) is 1. The van der Waals surface area contributed by atoms with Gasteiger partial charge >= 0.3 is 0 Å². The Labute approximate surface area is 99.9 Å². The fourth-order valence-electron chi connectivity index (χ4n) is 2.38. The van der Waals surface area contributed by atoms with E-state index in [9.17, 15) is 5.11 Å². The Balaban J connectivity index is 2.71. The number of rotatable bonds is 3. The maximum atomic E-state index is 9.81. The van der Waals surface area contributed by atoms with E-state index in [1.54, 1.807) is 6.92 Å². The Hall–Kier alpha value is -0.740. The summed E-state index contributed by atoms with van der Waals surface area (Å²) < 4.78 is 0. The standard InChI is InChI=1S/C15H24O/c1-6-15(5,16)11-9-13-8-7-10-14(3,4)12(13)2/h1,16H,7-11H2,2-5H3. The summed E-state index contributed by atoms with van der Waals surface area (Å²) in [6.45, 7) is 8.57. The van der Waals surface area contributed by atoms with Gasteiger partial charge in [0.15, 0.2) is 0 Å². The average Bonchev–Trinajstić information content (AvgIpc) is 2.20. The van der Waals surface area contributed by atoms with Gasteiger partial charge in [0.05, 0.1) is 0 Å². The minimum Gasteiger partial charge on any atom is -0.378 e. The second-order valence-electron chi connectivity index (χ2n) is 5.88. The first-order valence-corrected chi connectivity index (χ1v) is 6.18. The highest BCUT2D eigenvalue weighted by Gasteiger charge is 2.27. The molecule has 0 saturated carbocycles. The lowest BCUT2D eigenvalue weighted by atomic mass is 9.72. The van der Waals surface area contributed by atoms with E-state index in [0.717, 1.165) is 6.42 Å². The van der Waals surface area contributed by atoms with E-state index in [1.807, 2.05) is 0 Å². The molecule has 0 amide bonds. The molecule has 0 fully saturated rings. The number of terminal acetylenes is 1. The predicted molar refractivity (Wildman–Crippen MR) is 69.0 cm³/mol.